The molecule has 8 nitrogen and oxygen atoms in total. The van der Waals surface area contributed by atoms with Crippen LogP contribution in [-0.4, -0.2) is 33.1 Å². The minimum atomic E-state index is -0.530. The zero-order chi connectivity index (χ0) is 23.4. The summed E-state index contributed by atoms with van der Waals surface area (Å²) in [6, 6.07) is 15.1. The summed E-state index contributed by atoms with van der Waals surface area (Å²) < 4.78 is 21.4. The molecule has 0 fully saturated rings. The van der Waals surface area contributed by atoms with Gasteiger partial charge in [0, 0.05) is 24.0 Å². The molecule has 0 aliphatic rings. The number of rotatable bonds is 7. The van der Waals surface area contributed by atoms with Crippen molar-refractivity contribution in [3.05, 3.63) is 83.4 Å². The number of nitrogens with one attached hydrogen (secondary N) is 1. The third kappa shape index (κ3) is 4.58. The Morgan fingerprint density at radius 3 is 2.67 bits per heavy atom. The lowest BCUT2D eigenvalue weighted by Crippen LogP contribution is -2.18. The second-order valence-corrected chi connectivity index (χ2v) is 7.20. The van der Waals surface area contributed by atoms with Crippen LogP contribution in [0, 0.1) is 5.82 Å². The zero-order valence-electron chi connectivity index (χ0n) is 17.9. The van der Waals surface area contributed by atoms with E-state index in [2.05, 4.69) is 15.4 Å². The van der Waals surface area contributed by atoms with Gasteiger partial charge in [-0.15, -0.1) is 5.10 Å². The van der Waals surface area contributed by atoms with Crippen molar-refractivity contribution in [3.63, 3.8) is 0 Å². The number of halogens is 1. The number of nitrogens with two attached hydrogens (primary N) is 1. The summed E-state index contributed by atoms with van der Waals surface area (Å²) in [5.74, 6) is -1.39. The van der Waals surface area contributed by atoms with Crippen LogP contribution in [0.15, 0.2) is 60.8 Å². The highest BCUT2D eigenvalue weighted by Crippen LogP contribution is 2.24. The molecule has 2 heterocycles. The molecule has 0 saturated heterocycles. The lowest BCUT2D eigenvalue weighted by atomic mass is 10.1. The van der Waals surface area contributed by atoms with E-state index in [1.165, 1.54) is 10.6 Å². The summed E-state index contributed by atoms with van der Waals surface area (Å²) in [5, 5.41) is 7.16. The Labute approximate surface area is 189 Å². The van der Waals surface area contributed by atoms with E-state index in [1.807, 2.05) is 0 Å². The van der Waals surface area contributed by atoms with Crippen LogP contribution in [-0.2, 0) is 22.5 Å². The number of aromatic nitrogens is 3. The number of benzene rings is 2. The maximum atomic E-state index is 14.9. The minimum absolute atomic E-state index is 0.0109. The monoisotopic (exact) mass is 447 g/mol. The van der Waals surface area contributed by atoms with Crippen molar-refractivity contribution in [3.8, 4) is 11.4 Å². The van der Waals surface area contributed by atoms with Gasteiger partial charge in [-0.2, -0.15) is 0 Å². The van der Waals surface area contributed by atoms with Crippen molar-refractivity contribution >= 4 is 23.1 Å². The Kier molecular flexibility index (Phi) is 6.41. The predicted octanol–water partition coefficient (Wildman–Crippen LogP) is 3.35. The number of para-hydroxylation sites is 1. The summed E-state index contributed by atoms with van der Waals surface area (Å²) in [6.07, 6.45) is 1.66. The highest BCUT2D eigenvalue weighted by molar-refractivity contribution is 6.08. The number of fused-ring (bicyclic) bond motifs is 1. The molecular weight excluding hydrogens is 425 g/mol. The number of carbonyl (C=O) groups excluding carboxylic acids is 2. The normalized spacial score (nSPS) is 10.9. The van der Waals surface area contributed by atoms with Crippen molar-refractivity contribution in [2.45, 2.75) is 19.9 Å². The fourth-order valence-corrected chi connectivity index (χ4v) is 3.47. The molecule has 0 bridgehead atoms. The third-order valence-electron chi connectivity index (χ3n) is 5.05. The standard InChI is InChI=1S/C24H22FN5O3/c1-2-33-20(31)13-15-7-3-4-10-18(15)27-24(32)22-19-11-6-12-30(19)29-23(28-22)17-9-5-8-16(14-26)21(17)25/h3-12H,2,13-14,26H2,1H3,(H,27,32). The van der Waals surface area contributed by atoms with Crippen molar-refractivity contribution < 1.29 is 18.7 Å². The zero-order valence-corrected chi connectivity index (χ0v) is 17.9. The maximum Gasteiger partial charge on any atom is 0.310 e. The molecule has 0 aliphatic heterocycles. The summed E-state index contributed by atoms with van der Waals surface area (Å²) in [7, 11) is 0. The summed E-state index contributed by atoms with van der Waals surface area (Å²) in [5.41, 5.74) is 7.66. The average molecular weight is 447 g/mol. The number of carbonyl (C=O) groups is 2. The fourth-order valence-electron chi connectivity index (χ4n) is 3.47. The number of ether oxygens (including phenoxy) is 1. The van der Waals surface area contributed by atoms with Gasteiger partial charge in [-0.3, -0.25) is 9.59 Å². The van der Waals surface area contributed by atoms with Crippen LogP contribution in [0.3, 0.4) is 0 Å². The Morgan fingerprint density at radius 2 is 1.88 bits per heavy atom. The minimum Gasteiger partial charge on any atom is -0.466 e. The van der Waals surface area contributed by atoms with Crippen molar-refractivity contribution in [2.24, 2.45) is 5.73 Å². The smallest absolute Gasteiger partial charge is 0.310 e. The van der Waals surface area contributed by atoms with Crippen LogP contribution in [0.5, 0.6) is 0 Å². The maximum absolute atomic E-state index is 14.9. The number of hydrogen-bond acceptors (Lipinski definition) is 6. The van der Waals surface area contributed by atoms with Gasteiger partial charge in [0.1, 0.15) is 5.82 Å². The molecule has 9 heteroatoms. The first-order chi connectivity index (χ1) is 16.0. The van der Waals surface area contributed by atoms with E-state index in [4.69, 9.17) is 10.5 Å². The molecule has 0 atom stereocenters. The largest absolute Gasteiger partial charge is 0.466 e. The van der Waals surface area contributed by atoms with E-state index in [-0.39, 0.29) is 36.7 Å². The number of hydrogen-bond donors (Lipinski definition) is 2. The molecule has 4 aromatic rings. The molecule has 0 unspecified atom stereocenters. The molecule has 0 saturated carbocycles. The molecule has 4 rings (SSSR count). The molecule has 2 aromatic heterocycles. The summed E-state index contributed by atoms with van der Waals surface area (Å²) >= 11 is 0. The Morgan fingerprint density at radius 1 is 1.09 bits per heavy atom. The van der Waals surface area contributed by atoms with Gasteiger partial charge in [-0.05, 0) is 36.8 Å². The Bertz CT molecular complexity index is 1330. The molecule has 0 radical (unpaired) electrons. The number of esters is 1. The Balaban J connectivity index is 1.72. The second-order valence-electron chi connectivity index (χ2n) is 7.20. The van der Waals surface area contributed by atoms with E-state index >= 15 is 0 Å². The lowest BCUT2D eigenvalue weighted by molar-refractivity contribution is -0.142. The van der Waals surface area contributed by atoms with Gasteiger partial charge in [-0.1, -0.05) is 30.3 Å². The second kappa shape index (κ2) is 9.58. The first kappa shape index (κ1) is 22.1. The SMILES string of the molecule is CCOC(=O)Cc1ccccc1NC(=O)c1nc(-c2cccc(CN)c2F)nn2cccc12. The van der Waals surface area contributed by atoms with E-state index in [1.54, 1.807) is 61.7 Å². The van der Waals surface area contributed by atoms with Gasteiger partial charge in [0.15, 0.2) is 11.5 Å². The third-order valence-corrected chi connectivity index (χ3v) is 5.05. The highest BCUT2D eigenvalue weighted by atomic mass is 19.1. The van der Waals surface area contributed by atoms with Crippen molar-refractivity contribution in [1.29, 1.82) is 0 Å². The van der Waals surface area contributed by atoms with Crippen molar-refractivity contribution in [2.75, 3.05) is 11.9 Å². The van der Waals surface area contributed by atoms with Crippen molar-refractivity contribution in [1.82, 2.24) is 14.6 Å². The van der Waals surface area contributed by atoms with Crippen LogP contribution >= 0.6 is 0 Å². The highest BCUT2D eigenvalue weighted by Gasteiger charge is 2.20. The van der Waals surface area contributed by atoms with Crippen LogP contribution < -0.4 is 11.1 Å². The quantitative estimate of drug-likeness (QED) is 0.420. The first-order valence-corrected chi connectivity index (χ1v) is 10.4. The molecular formula is C24H22FN5O3. The summed E-state index contributed by atoms with van der Waals surface area (Å²) in [6.45, 7) is 2.02. The number of nitrogens with zero attached hydrogens (tertiary/aromatic N) is 3. The Hall–Kier alpha value is -4.11. The summed E-state index contributed by atoms with van der Waals surface area (Å²) in [4.78, 5) is 29.6. The van der Waals surface area contributed by atoms with Gasteiger partial charge in [0.2, 0.25) is 0 Å². The van der Waals surface area contributed by atoms with Crippen LogP contribution in [0.1, 0.15) is 28.5 Å². The molecule has 33 heavy (non-hydrogen) atoms. The van der Waals surface area contributed by atoms with E-state index < -0.39 is 17.7 Å². The number of anilines is 1. The molecule has 3 N–H and O–H groups in total. The van der Waals surface area contributed by atoms with E-state index in [0.717, 1.165) is 0 Å². The van der Waals surface area contributed by atoms with E-state index in [9.17, 15) is 14.0 Å². The average Bonchev–Trinajstić information content (AvgIpc) is 3.28. The molecule has 2 aromatic carbocycles. The van der Waals surface area contributed by atoms with Gasteiger partial charge >= 0.3 is 5.97 Å². The van der Waals surface area contributed by atoms with Gasteiger partial charge in [-0.25, -0.2) is 13.9 Å². The first-order valence-electron chi connectivity index (χ1n) is 10.4. The fraction of sp³-hybridized carbons (Fsp3) is 0.167. The molecule has 1 amide bonds. The van der Waals surface area contributed by atoms with Crippen LogP contribution in [0.2, 0.25) is 0 Å². The van der Waals surface area contributed by atoms with Gasteiger partial charge in [0.25, 0.3) is 5.91 Å². The van der Waals surface area contributed by atoms with E-state index in [0.29, 0.717) is 22.3 Å². The lowest BCUT2D eigenvalue weighted by Gasteiger charge is -2.12. The topological polar surface area (TPSA) is 112 Å². The molecule has 168 valence electrons. The van der Waals surface area contributed by atoms with Crippen LogP contribution in [0.25, 0.3) is 16.9 Å². The van der Waals surface area contributed by atoms with Gasteiger partial charge in [0.05, 0.1) is 24.1 Å². The number of amides is 1. The molecule has 0 aliphatic carbocycles. The molecule has 0 spiro atoms. The van der Waals surface area contributed by atoms with Crippen LogP contribution in [0.4, 0.5) is 10.1 Å². The van der Waals surface area contributed by atoms with Gasteiger partial charge < -0.3 is 15.8 Å². The predicted molar refractivity (Wildman–Crippen MR) is 121 cm³/mol.